The highest BCUT2D eigenvalue weighted by atomic mass is 35.5. The lowest BCUT2D eigenvalue weighted by atomic mass is 9.83. The van der Waals surface area contributed by atoms with Crippen LogP contribution >= 0.6 is 23.2 Å². The number of aliphatic hydroxyl groups excluding tert-OH is 1. The summed E-state index contributed by atoms with van der Waals surface area (Å²) in [6, 6.07) is 24.9. The molecule has 4 atom stereocenters. The number of benzene rings is 3. The lowest BCUT2D eigenvalue weighted by Crippen LogP contribution is -2.39. The fraction of sp³-hybridized carbons (Fsp3) is 0.267. The van der Waals surface area contributed by atoms with Crippen LogP contribution in [-0.4, -0.2) is 33.3 Å². The fourth-order valence-corrected chi connectivity index (χ4v) is 5.24. The molecule has 1 aliphatic heterocycles. The third-order valence-corrected chi connectivity index (χ3v) is 7.60. The number of anilines is 1. The fourth-order valence-electron chi connectivity index (χ4n) is 4.93. The van der Waals surface area contributed by atoms with Crippen molar-refractivity contribution in [3.8, 4) is 0 Å². The number of carbonyl (C=O) groups is 1. The van der Waals surface area contributed by atoms with Crippen molar-refractivity contribution >= 4 is 34.9 Å². The van der Waals surface area contributed by atoms with E-state index in [4.69, 9.17) is 32.7 Å². The Hall–Kier alpha value is -3.40. The number of rotatable bonds is 8. The Morgan fingerprint density at radius 2 is 1.73 bits per heavy atom. The molecule has 4 aromatic rings. The standard InChI is InChI=1S/C30H30Cl2N4O4/c1-2-33-30(38)35-23-10-6-9-22(15-23)29-39-24(16-36-18-34-27(31)28(36)32)25(20-7-4-3-5-8-20)26(40-29)21-13-11-19(17-37)12-14-21/h3-15,18,24-26,29,37H,2,16-17H2,1H3,(H2,33,35,38)/t24-,25-,26+,29?/m1/s1. The first kappa shape index (κ1) is 28.1. The summed E-state index contributed by atoms with van der Waals surface area (Å²) in [5, 5.41) is 15.7. The van der Waals surface area contributed by atoms with Gasteiger partial charge in [0, 0.05) is 23.7 Å². The molecule has 1 fully saturated rings. The van der Waals surface area contributed by atoms with Gasteiger partial charge < -0.3 is 29.8 Å². The van der Waals surface area contributed by atoms with E-state index in [0.29, 0.717) is 23.9 Å². The second-order valence-corrected chi connectivity index (χ2v) is 10.2. The van der Waals surface area contributed by atoms with Crippen LogP contribution in [0.4, 0.5) is 10.5 Å². The Labute approximate surface area is 242 Å². The van der Waals surface area contributed by atoms with Crippen molar-refractivity contribution in [1.82, 2.24) is 14.9 Å². The molecule has 8 nitrogen and oxygen atoms in total. The minimum atomic E-state index is -0.749. The molecule has 3 N–H and O–H groups in total. The lowest BCUT2D eigenvalue weighted by molar-refractivity contribution is -0.263. The Kier molecular flexibility index (Phi) is 9.04. The number of hydrogen-bond donors (Lipinski definition) is 3. The van der Waals surface area contributed by atoms with E-state index in [-0.39, 0.29) is 23.7 Å². The minimum Gasteiger partial charge on any atom is -0.392 e. The van der Waals surface area contributed by atoms with E-state index in [1.54, 1.807) is 10.9 Å². The molecule has 2 heterocycles. The first-order chi connectivity index (χ1) is 19.5. The van der Waals surface area contributed by atoms with E-state index in [9.17, 15) is 9.90 Å². The third kappa shape index (κ3) is 6.32. The highest BCUT2D eigenvalue weighted by molar-refractivity contribution is 6.40. The largest absolute Gasteiger partial charge is 0.392 e. The summed E-state index contributed by atoms with van der Waals surface area (Å²) in [7, 11) is 0. The molecule has 0 aliphatic carbocycles. The summed E-state index contributed by atoms with van der Waals surface area (Å²) in [5.74, 6) is -0.216. The maximum absolute atomic E-state index is 12.1. The number of aromatic nitrogens is 2. The zero-order valence-electron chi connectivity index (χ0n) is 21.8. The van der Waals surface area contributed by atoms with Crippen molar-refractivity contribution in [2.24, 2.45) is 0 Å². The Bertz CT molecular complexity index is 1430. The highest BCUT2D eigenvalue weighted by Crippen LogP contribution is 2.47. The van der Waals surface area contributed by atoms with Gasteiger partial charge in [0.05, 0.1) is 31.7 Å². The second-order valence-electron chi connectivity index (χ2n) is 9.49. The molecule has 1 saturated heterocycles. The molecule has 0 radical (unpaired) electrons. The predicted molar refractivity (Wildman–Crippen MR) is 154 cm³/mol. The molecular formula is C30H30Cl2N4O4. The van der Waals surface area contributed by atoms with Gasteiger partial charge in [0.2, 0.25) is 0 Å². The van der Waals surface area contributed by atoms with Gasteiger partial charge in [-0.2, -0.15) is 0 Å². The van der Waals surface area contributed by atoms with E-state index in [1.165, 1.54) is 0 Å². The van der Waals surface area contributed by atoms with Gasteiger partial charge in [0.25, 0.3) is 0 Å². The molecule has 40 heavy (non-hydrogen) atoms. The van der Waals surface area contributed by atoms with Gasteiger partial charge in [-0.05, 0) is 35.7 Å². The van der Waals surface area contributed by atoms with E-state index in [1.807, 2.05) is 73.7 Å². The molecule has 2 amide bonds. The monoisotopic (exact) mass is 580 g/mol. The van der Waals surface area contributed by atoms with Crippen LogP contribution in [0.15, 0.2) is 85.2 Å². The van der Waals surface area contributed by atoms with Gasteiger partial charge >= 0.3 is 6.03 Å². The zero-order valence-corrected chi connectivity index (χ0v) is 23.3. The molecule has 1 unspecified atom stereocenters. The summed E-state index contributed by atoms with van der Waals surface area (Å²) in [6.07, 6.45) is 0.0482. The molecule has 208 valence electrons. The topological polar surface area (TPSA) is 97.6 Å². The first-order valence-corrected chi connectivity index (χ1v) is 13.8. The van der Waals surface area contributed by atoms with Crippen LogP contribution in [0.5, 0.6) is 0 Å². The van der Waals surface area contributed by atoms with Gasteiger partial charge in [-0.3, -0.25) is 0 Å². The lowest BCUT2D eigenvalue weighted by Gasteiger charge is -2.43. The zero-order chi connectivity index (χ0) is 28.1. The number of nitrogens with one attached hydrogen (secondary N) is 2. The number of halogens is 2. The minimum absolute atomic E-state index is 0.0480. The van der Waals surface area contributed by atoms with Crippen LogP contribution < -0.4 is 10.6 Å². The van der Waals surface area contributed by atoms with Gasteiger partial charge in [-0.25, -0.2) is 9.78 Å². The molecule has 0 spiro atoms. The number of ether oxygens (including phenoxy) is 2. The number of imidazole rings is 1. The van der Waals surface area contributed by atoms with Crippen molar-refractivity contribution in [1.29, 1.82) is 0 Å². The third-order valence-electron chi connectivity index (χ3n) is 6.83. The van der Waals surface area contributed by atoms with Crippen molar-refractivity contribution in [3.05, 3.63) is 118 Å². The first-order valence-electron chi connectivity index (χ1n) is 13.0. The normalized spacial score (nSPS) is 20.7. The number of amides is 2. The number of urea groups is 1. The van der Waals surface area contributed by atoms with Crippen LogP contribution in [-0.2, 0) is 22.6 Å². The van der Waals surface area contributed by atoms with Gasteiger partial charge in [-0.1, -0.05) is 89.9 Å². The molecule has 3 aromatic carbocycles. The Morgan fingerprint density at radius 1 is 0.975 bits per heavy atom. The SMILES string of the molecule is CCNC(=O)Nc1cccc(C2O[C@H](Cn3cnc(Cl)c3Cl)[C@@H](c3ccccc3)[C@H](c3ccc(CO)cc3)O2)c1. The van der Waals surface area contributed by atoms with Crippen molar-refractivity contribution in [2.45, 2.75) is 44.5 Å². The summed E-state index contributed by atoms with van der Waals surface area (Å²) < 4.78 is 15.2. The summed E-state index contributed by atoms with van der Waals surface area (Å²) in [6.45, 7) is 2.70. The van der Waals surface area contributed by atoms with Crippen LogP contribution in [0.25, 0.3) is 0 Å². The number of aliphatic hydroxyl groups is 1. The molecule has 1 aromatic heterocycles. The van der Waals surface area contributed by atoms with E-state index < -0.39 is 18.5 Å². The Balaban J connectivity index is 1.55. The van der Waals surface area contributed by atoms with Crippen molar-refractivity contribution in [3.63, 3.8) is 0 Å². The average molecular weight is 582 g/mol. The molecular weight excluding hydrogens is 551 g/mol. The van der Waals surface area contributed by atoms with Crippen molar-refractivity contribution in [2.75, 3.05) is 11.9 Å². The second kappa shape index (κ2) is 12.8. The Morgan fingerprint density at radius 3 is 2.40 bits per heavy atom. The van der Waals surface area contributed by atoms with Gasteiger partial charge in [0.15, 0.2) is 11.4 Å². The average Bonchev–Trinajstić information content (AvgIpc) is 3.29. The molecule has 0 saturated carbocycles. The summed E-state index contributed by atoms with van der Waals surface area (Å²) >= 11 is 12.6. The summed E-state index contributed by atoms with van der Waals surface area (Å²) in [5.41, 5.74) is 4.15. The smallest absolute Gasteiger partial charge is 0.319 e. The predicted octanol–water partition coefficient (Wildman–Crippen LogP) is 6.46. The van der Waals surface area contributed by atoms with E-state index in [2.05, 4.69) is 27.8 Å². The maximum atomic E-state index is 12.1. The van der Waals surface area contributed by atoms with Crippen LogP contribution in [0.1, 0.15) is 47.5 Å². The van der Waals surface area contributed by atoms with Crippen LogP contribution in [0.3, 0.4) is 0 Å². The van der Waals surface area contributed by atoms with E-state index in [0.717, 1.165) is 22.3 Å². The number of carbonyl (C=O) groups excluding carboxylic acids is 1. The van der Waals surface area contributed by atoms with Crippen LogP contribution in [0, 0.1) is 0 Å². The summed E-state index contributed by atoms with van der Waals surface area (Å²) in [4.78, 5) is 16.3. The molecule has 10 heteroatoms. The molecule has 5 rings (SSSR count). The maximum Gasteiger partial charge on any atom is 0.319 e. The van der Waals surface area contributed by atoms with Gasteiger partial charge in [0.1, 0.15) is 5.15 Å². The quantitative estimate of drug-likeness (QED) is 0.222. The number of nitrogens with zero attached hydrogens (tertiary/aromatic N) is 2. The molecule has 0 bridgehead atoms. The van der Waals surface area contributed by atoms with Crippen LogP contribution in [0.2, 0.25) is 10.3 Å². The molecule has 1 aliphatic rings. The highest BCUT2D eigenvalue weighted by Gasteiger charge is 2.42. The van der Waals surface area contributed by atoms with Gasteiger partial charge in [-0.15, -0.1) is 0 Å². The van der Waals surface area contributed by atoms with E-state index >= 15 is 0 Å². The number of hydrogen-bond acceptors (Lipinski definition) is 5. The van der Waals surface area contributed by atoms with Crippen molar-refractivity contribution < 1.29 is 19.4 Å².